The highest BCUT2D eigenvalue weighted by atomic mass is 35.5. The summed E-state index contributed by atoms with van der Waals surface area (Å²) in [7, 11) is 1.49. The molecule has 3 N–H and O–H groups in total. The maximum Gasteiger partial charge on any atom is 0.307 e. The van der Waals surface area contributed by atoms with Crippen molar-refractivity contribution in [2.75, 3.05) is 20.3 Å². The van der Waals surface area contributed by atoms with E-state index in [4.69, 9.17) is 56.2 Å². The van der Waals surface area contributed by atoms with Crippen LogP contribution in [0.5, 0.6) is 0 Å². The average molecular weight is 620 g/mol. The van der Waals surface area contributed by atoms with Gasteiger partial charge in [-0.2, -0.15) is 0 Å². The third-order valence-corrected chi connectivity index (χ3v) is 9.07. The lowest BCUT2D eigenvalue weighted by Crippen LogP contribution is -2.14. The molecule has 0 heterocycles. The Morgan fingerprint density at radius 3 is 1.41 bits per heavy atom. The van der Waals surface area contributed by atoms with Crippen molar-refractivity contribution in [3.8, 4) is 0 Å². The molecule has 2 fully saturated rings. The number of hydrogen-bond acceptors (Lipinski definition) is 6. The quantitative estimate of drug-likeness (QED) is 0.305. The van der Waals surface area contributed by atoms with E-state index in [2.05, 4.69) is 0 Å². The molecule has 0 bridgehead atoms. The number of ketones is 2. The molecule has 0 aliphatic heterocycles. The first-order valence-electron chi connectivity index (χ1n) is 11.7. The Labute approximate surface area is 244 Å². The predicted molar refractivity (Wildman–Crippen MR) is 146 cm³/mol. The molecule has 2 aromatic carbocycles. The summed E-state index contributed by atoms with van der Waals surface area (Å²) >= 11 is 23.3. The summed E-state index contributed by atoms with van der Waals surface area (Å²) in [6, 6.07) is 8.97. The van der Waals surface area contributed by atoms with Gasteiger partial charge in [0.1, 0.15) is 0 Å². The fourth-order valence-corrected chi connectivity index (χ4v) is 5.82. The number of ether oxygens (including phenoxy) is 1. The lowest BCUT2D eigenvalue weighted by Gasteiger charge is -2.09. The van der Waals surface area contributed by atoms with Crippen molar-refractivity contribution in [3.63, 3.8) is 0 Å². The van der Waals surface area contributed by atoms with Crippen molar-refractivity contribution in [2.24, 2.45) is 34.5 Å². The second-order valence-corrected chi connectivity index (χ2v) is 11.8. The molecule has 0 amide bonds. The molecule has 2 aliphatic carbocycles. The molecule has 6 atom stereocenters. The van der Waals surface area contributed by atoms with Gasteiger partial charge in [0, 0.05) is 40.9 Å². The molecule has 0 spiro atoms. The van der Waals surface area contributed by atoms with Gasteiger partial charge in [-0.15, -0.1) is 0 Å². The van der Waals surface area contributed by atoms with Gasteiger partial charge >= 0.3 is 11.9 Å². The van der Waals surface area contributed by atoms with Crippen LogP contribution in [0.25, 0.3) is 0 Å². The Morgan fingerprint density at radius 2 is 1.10 bits per heavy atom. The highest BCUT2D eigenvalue weighted by Crippen LogP contribution is 2.60. The Morgan fingerprint density at radius 1 is 0.718 bits per heavy atom. The number of carbonyl (C=O) groups excluding carboxylic acids is 2. The van der Waals surface area contributed by atoms with Crippen molar-refractivity contribution in [2.45, 2.75) is 13.8 Å². The van der Waals surface area contributed by atoms with Crippen LogP contribution in [-0.2, 0) is 14.3 Å². The molecule has 210 valence electrons. The zero-order chi connectivity index (χ0) is 29.4. The van der Waals surface area contributed by atoms with Crippen molar-refractivity contribution in [1.29, 1.82) is 0 Å². The van der Waals surface area contributed by atoms with Crippen LogP contribution in [0.4, 0.5) is 0 Å². The molecule has 0 radical (unpaired) electrons. The number of carboxylic acid groups (broad SMARTS) is 2. The number of aliphatic carboxylic acids is 2. The second kappa shape index (κ2) is 11.7. The Hall–Kier alpha value is -2.20. The van der Waals surface area contributed by atoms with Gasteiger partial charge in [0.2, 0.25) is 0 Å². The molecule has 8 nitrogen and oxygen atoms in total. The van der Waals surface area contributed by atoms with E-state index in [1.165, 1.54) is 37.4 Å². The zero-order valence-electron chi connectivity index (χ0n) is 21.1. The van der Waals surface area contributed by atoms with Crippen LogP contribution < -0.4 is 0 Å². The summed E-state index contributed by atoms with van der Waals surface area (Å²) in [5.74, 6) is -5.55. The number of Topliss-reactive ketones (excluding diaryl/α,β-unsaturated/α-hetero) is 2. The molecule has 0 saturated heterocycles. The normalized spacial score (nSPS) is 28.6. The standard InChI is InChI=1S/C14H14Cl2O4.C13H12Cl2O4/c1-14(6-20-2)10(11(14)13(18)19)12(17)7-3-4-8(15)9(16)5-7;1-13(5-16)9(10(13)12(18)19)11(17)6-2-3-7(14)8(15)4-6/h3-5,10-11H,6H2,1-2H3,(H,18,19);2-4,9-10,16H,5H2,1H3,(H,18,19). The van der Waals surface area contributed by atoms with Gasteiger partial charge in [-0.05, 0) is 36.4 Å². The first-order valence-corrected chi connectivity index (χ1v) is 13.2. The molecule has 6 unspecified atom stereocenters. The van der Waals surface area contributed by atoms with Gasteiger partial charge in [-0.1, -0.05) is 60.3 Å². The zero-order valence-corrected chi connectivity index (χ0v) is 24.1. The molecule has 2 aromatic rings. The highest BCUT2D eigenvalue weighted by Gasteiger charge is 2.69. The first kappa shape index (κ1) is 31.3. The van der Waals surface area contributed by atoms with Crippen LogP contribution in [0.2, 0.25) is 20.1 Å². The average Bonchev–Trinajstić information content (AvgIpc) is 3.71. The van der Waals surface area contributed by atoms with E-state index < -0.39 is 46.4 Å². The van der Waals surface area contributed by atoms with Crippen LogP contribution in [0.1, 0.15) is 34.6 Å². The fraction of sp³-hybridized carbons (Fsp3) is 0.407. The van der Waals surface area contributed by atoms with Gasteiger partial charge in [-0.25, -0.2) is 0 Å². The van der Waals surface area contributed by atoms with Crippen LogP contribution in [0.3, 0.4) is 0 Å². The Kier molecular flexibility index (Phi) is 9.42. The molecular formula is C27H26Cl4O8. The Bertz CT molecular complexity index is 1330. The monoisotopic (exact) mass is 618 g/mol. The van der Waals surface area contributed by atoms with Gasteiger partial charge in [0.05, 0.1) is 45.1 Å². The van der Waals surface area contributed by atoms with Crippen molar-refractivity contribution >= 4 is 69.9 Å². The van der Waals surface area contributed by atoms with Crippen molar-refractivity contribution in [3.05, 3.63) is 67.6 Å². The van der Waals surface area contributed by atoms with Gasteiger partial charge < -0.3 is 20.1 Å². The molecule has 2 aliphatic rings. The first-order chi connectivity index (χ1) is 18.1. The van der Waals surface area contributed by atoms with Crippen LogP contribution >= 0.6 is 46.4 Å². The van der Waals surface area contributed by atoms with E-state index in [0.717, 1.165) is 0 Å². The third kappa shape index (κ3) is 5.97. The Balaban J connectivity index is 0.000000216. The minimum Gasteiger partial charge on any atom is -0.481 e. The highest BCUT2D eigenvalue weighted by molar-refractivity contribution is 6.42. The molecular weight excluding hydrogens is 594 g/mol. The third-order valence-electron chi connectivity index (χ3n) is 7.59. The van der Waals surface area contributed by atoms with E-state index in [0.29, 0.717) is 21.2 Å². The number of benzene rings is 2. The molecule has 39 heavy (non-hydrogen) atoms. The van der Waals surface area contributed by atoms with Gasteiger partial charge in [0.15, 0.2) is 11.6 Å². The molecule has 4 rings (SSSR count). The number of hydrogen-bond donors (Lipinski definition) is 3. The minimum absolute atomic E-state index is 0.224. The SMILES string of the molecule is CC1(CO)C(C(=O)O)C1C(=O)c1ccc(Cl)c(Cl)c1.COCC1(C)C(C(=O)O)C1C(=O)c1ccc(Cl)c(Cl)c1. The number of aliphatic hydroxyl groups excluding tert-OH is 1. The number of aliphatic hydroxyl groups is 1. The second-order valence-electron chi connectivity index (χ2n) is 10.2. The van der Waals surface area contributed by atoms with Gasteiger partial charge in [0.25, 0.3) is 0 Å². The summed E-state index contributed by atoms with van der Waals surface area (Å²) in [4.78, 5) is 47.1. The van der Waals surface area contributed by atoms with Gasteiger partial charge in [-0.3, -0.25) is 19.2 Å². The maximum absolute atomic E-state index is 12.5. The predicted octanol–water partition coefficient (Wildman–Crippen LogP) is 5.66. The van der Waals surface area contributed by atoms with E-state index >= 15 is 0 Å². The molecule has 0 aromatic heterocycles. The lowest BCUT2D eigenvalue weighted by atomic mass is 10.0. The summed E-state index contributed by atoms with van der Waals surface area (Å²) in [5, 5.41) is 28.8. The van der Waals surface area contributed by atoms with Crippen molar-refractivity contribution in [1.82, 2.24) is 0 Å². The summed E-state index contributed by atoms with van der Waals surface area (Å²) < 4.78 is 5.05. The van der Waals surface area contributed by atoms with E-state index in [9.17, 15) is 29.4 Å². The number of rotatable bonds is 9. The number of halogens is 4. The topological polar surface area (TPSA) is 138 Å². The van der Waals surface area contributed by atoms with Crippen LogP contribution in [0.15, 0.2) is 36.4 Å². The summed E-state index contributed by atoms with van der Waals surface area (Å²) in [6.07, 6.45) is 0. The largest absolute Gasteiger partial charge is 0.481 e. The van der Waals surface area contributed by atoms with E-state index in [-0.39, 0.29) is 34.8 Å². The van der Waals surface area contributed by atoms with Crippen LogP contribution in [-0.4, -0.2) is 59.1 Å². The minimum atomic E-state index is -1.07. The number of carbonyl (C=O) groups is 4. The van der Waals surface area contributed by atoms with E-state index in [1.807, 2.05) is 0 Å². The van der Waals surface area contributed by atoms with E-state index in [1.54, 1.807) is 19.9 Å². The maximum atomic E-state index is 12.5. The molecule has 2 saturated carbocycles. The lowest BCUT2D eigenvalue weighted by molar-refractivity contribution is -0.140. The fourth-order valence-electron chi connectivity index (χ4n) is 5.23. The molecule has 12 heteroatoms. The van der Waals surface area contributed by atoms with Crippen LogP contribution in [0, 0.1) is 34.5 Å². The summed E-state index contributed by atoms with van der Waals surface area (Å²) in [6.45, 7) is 3.21. The van der Waals surface area contributed by atoms with Crippen molar-refractivity contribution < 1.29 is 39.2 Å². The smallest absolute Gasteiger partial charge is 0.307 e. The summed E-state index contributed by atoms with van der Waals surface area (Å²) in [5.41, 5.74) is -0.906. The number of carboxylic acids is 2. The number of methoxy groups -OCH3 is 1.